The van der Waals surface area contributed by atoms with Crippen molar-refractivity contribution in [3.63, 3.8) is 0 Å². The molecular formula is C15H19ClFIN2. The van der Waals surface area contributed by atoms with Crippen LogP contribution in [0.5, 0.6) is 0 Å². The molecule has 0 saturated heterocycles. The van der Waals surface area contributed by atoms with Gasteiger partial charge in [-0.15, -0.1) is 11.6 Å². The molecule has 0 radical (unpaired) electrons. The summed E-state index contributed by atoms with van der Waals surface area (Å²) in [6.45, 7) is 5.31. The van der Waals surface area contributed by atoms with Crippen LogP contribution in [-0.4, -0.2) is 15.4 Å². The van der Waals surface area contributed by atoms with Gasteiger partial charge in [-0.3, -0.25) is 0 Å². The van der Waals surface area contributed by atoms with Gasteiger partial charge in [-0.2, -0.15) is 0 Å². The van der Waals surface area contributed by atoms with E-state index >= 15 is 0 Å². The Kier molecular flexibility index (Phi) is 5.66. The topological polar surface area (TPSA) is 17.8 Å². The first kappa shape index (κ1) is 16.0. The van der Waals surface area contributed by atoms with Gasteiger partial charge in [0.25, 0.3) is 0 Å². The van der Waals surface area contributed by atoms with Crippen molar-refractivity contribution in [1.29, 1.82) is 0 Å². The summed E-state index contributed by atoms with van der Waals surface area (Å²) in [5.41, 5.74) is 1.74. The molecule has 1 aromatic carbocycles. The van der Waals surface area contributed by atoms with Gasteiger partial charge in [0.05, 0.1) is 14.6 Å². The number of imidazole rings is 1. The monoisotopic (exact) mass is 408 g/mol. The lowest BCUT2D eigenvalue weighted by molar-refractivity contribution is 0.509. The molecule has 5 heteroatoms. The number of hydrogen-bond donors (Lipinski definition) is 0. The fraction of sp³-hybridized carbons (Fsp3) is 0.533. The number of nitrogens with zero attached hydrogens (tertiary/aromatic N) is 2. The second-order valence-electron chi connectivity index (χ2n) is 5.41. The van der Waals surface area contributed by atoms with Gasteiger partial charge < -0.3 is 4.57 Å². The van der Waals surface area contributed by atoms with Crippen LogP contribution in [0.15, 0.2) is 12.1 Å². The van der Waals surface area contributed by atoms with Crippen LogP contribution < -0.4 is 0 Å². The molecule has 0 N–H and O–H groups in total. The molecule has 0 aliphatic carbocycles. The Morgan fingerprint density at radius 1 is 1.40 bits per heavy atom. The fourth-order valence-electron chi connectivity index (χ4n) is 2.35. The van der Waals surface area contributed by atoms with E-state index in [1.54, 1.807) is 6.07 Å². The van der Waals surface area contributed by atoms with Gasteiger partial charge >= 0.3 is 0 Å². The van der Waals surface area contributed by atoms with Crippen LogP contribution in [0.3, 0.4) is 0 Å². The van der Waals surface area contributed by atoms with E-state index < -0.39 is 0 Å². The van der Waals surface area contributed by atoms with Crippen LogP contribution in [0, 0.1) is 15.3 Å². The first-order chi connectivity index (χ1) is 9.52. The number of rotatable bonds is 6. The molecule has 1 heterocycles. The summed E-state index contributed by atoms with van der Waals surface area (Å²) < 4.78 is 16.5. The molecule has 110 valence electrons. The lowest BCUT2D eigenvalue weighted by Gasteiger charge is -2.10. The normalized spacial score (nSPS) is 11.7. The predicted molar refractivity (Wildman–Crippen MR) is 90.9 cm³/mol. The highest BCUT2D eigenvalue weighted by atomic mass is 127. The Morgan fingerprint density at radius 2 is 2.15 bits per heavy atom. The summed E-state index contributed by atoms with van der Waals surface area (Å²) in [6.07, 6.45) is 2.95. The Hall–Kier alpha value is -0.360. The smallest absolute Gasteiger partial charge is 0.138 e. The van der Waals surface area contributed by atoms with Gasteiger partial charge in [0.15, 0.2) is 0 Å². The van der Waals surface area contributed by atoms with Gasteiger partial charge in [0, 0.05) is 24.9 Å². The Balaban J connectivity index is 2.37. The first-order valence-electron chi connectivity index (χ1n) is 6.93. The average Bonchev–Trinajstić information content (AvgIpc) is 2.68. The Labute approximate surface area is 137 Å². The van der Waals surface area contributed by atoms with Crippen LogP contribution in [0.1, 0.15) is 32.5 Å². The predicted octanol–water partition coefficient (Wildman–Crippen LogP) is 5.00. The maximum atomic E-state index is 13.8. The minimum absolute atomic E-state index is 0.180. The second kappa shape index (κ2) is 7.07. The van der Waals surface area contributed by atoms with E-state index in [4.69, 9.17) is 11.6 Å². The molecule has 20 heavy (non-hydrogen) atoms. The van der Waals surface area contributed by atoms with Crippen LogP contribution in [-0.2, 0) is 13.0 Å². The number of halogens is 3. The second-order valence-corrected chi connectivity index (χ2v) is 6.95. The largest absolute Gasteiger partial charge is 0.328 e. The summed E-state index contributed by atoms with van der Waals surface area (Å²) in [6, 6.07) is 3.40. The zero-order valence-electron chi connectivity index (χ0n) is 11.8. The summed E-state index contributed by atoms with van der Waals surface area (Å²) in [4.78, 5) is 4.61. The number of aromatic nitrogens is 2. The van der Waals surface area contributed by atoms with E-state index in [0.717, 1.165) is 42.7 Å². The Bertz CT molecular complexity index is 595. The van der Waals surface area contributed by atoms with Gasteiger partial charge in [-0.05, 0) is 47.4 Å². The molecule has 2 rings (SSSR count). The fourth-order valence-corrected chi connectivity index (χ4v) is 2.97. The maximum Gasteiger partial charge on any atom is 0.138 e. The van der Waals surface area contributed by atoms with E-state index in [1.807, 2.05) is 28.7 Å². The van der Waals surface area contributed by atoms with E-state index in [1.165, 1.54) is 0 Å². The summed E-state index contributed by atoms with van der Waals surface area (Å²) in [5, 5.41) is 0. The summed E-state index contributed by atoms with van der Waals surface area (Å²) >= 11 is 7.86. The molecule has 0 saturated carbocycles. The molecule has 2 nitrogen and oxygen atoms in total. The lowest BCUT2D eigenvalue weighted by Crippen LogP contribution is -2.06. The summed E-state index contributed by atoms with van der Waals surface area (Å²) in [7, 11) is 0. The van der Waals surface area contributed by atoms with Crippen molar-refractivity contribution in [3.8, 4) is 0 Å². The van der Waals surface area contributed by atoms with Crippen molar-refractivity contribution in [2.75, 3.05) is 5.88 Å². The van der Waals surface area contributed by atoms with Crippen molar-refractivity contribution in [2.24, 2.45) is 5.92 Å². The minimum Gasteiger partial charge on any atom is -0.328 e. The molecule has 0 unspecified atom stereocenters. The van der Waals surface area contributed by atoms with E-state index in [9.17, 15) is 4.39 Å². The average molecular weight is 409 g/mol. The molecule has 0 bridgehead atoms. The van der Waals surface area contributed by atoms with Crippen LogP contribution in [0.2, 0.25) is 0 Å². The quantitative estimate of drug-likeness (QED) is 0.486. The molecule has 0 spiro atoms. The third kappa shape index (κ3) is 3.64. The van der Waals surface area contributed by atoms with Gasteiger partial charge in [0.1, 0.15) is 11.6 Å². The van der Waals surface area contributed by atoms with Gasteiger partial charge in [-0.1, -0.05) is 13.8 Å². The SMILES string of the molecule is CC(C)CCCn1c(CCCl)nc2cc(I)c(F)cc21. The summed E-state index contributed by atoms with van der Waals surface area (Å²) in [5.74, 6) is 1.99. The molecule has 0 amide bonds. The minimum atomic E-state index is -0.180. The first-order valence-corrected chi connectivity index (χ1v) is 8.54. The molecule has 0 atom stereocenters. The molecular weight excluding hydrogens is 390 g/mol. The van der Waals surface area contributed by atoms with Crippen molar-refractivity contribution in [1.82, 2.24) is 9.55 Å². The van der Waals surface area contributed by atoms with Gasteiger partial charge in [0.2, 0.25) is 0 Å². The van der Waals surface area contributed by atoms with Gasteiger partial charge in [-0.25, -0.2) is 9.37 Å². The van der Waals surface area contributed by atoms with Crippen molar-refractivity contribution >= 4 is 45.2 Å². The number of fused-ring (bicyclic) bond motifs is 1. The zero-order valence-corrected chi connectivity index (χ0v) is 14.7. The Morgan fingerprint density at radius 3 is 2.80 bits per heavy atom. The standard InChI is InChI=1S/C15H19ClFIN2/c1-10(2)4-3-7-20-14-8-11(17)12(18)9-13(14)19-15(20)5-6-16/h8-10H,3-7H2,1-2H3. The highest BCUT2D eigenvalue weighted by Crippen LogP contribution is 2.23. The van der Waals surface area contributed by atoms with Crippen LogP contribution >= 0.6 is 34.2 Å². The highest BCUT2D eigenvalue weighted by Gasteiger charge is 2.13. The lowest BCUT2D eigenvalue weighted by atomic mass is 10.1. The van der Waals surface area contributed by atoms with E-state index in [2.05, 4.69) is 23.4 Å². The number of alkyl halides is 1. The van der Waals surface area contributed by atoms with Crippen molar-refractivity contribution < 1.29 is 4.39 Å². The molecule has 0 aliphatic heterocycles. The molecule has 2 aromatic rings. The maximum absolute atomic E-state index is 13.8. The zero-order chi connectivity index (χ0) is 14.7. The number of hydrogen-bond acceptors (Lipinski definition) is 1. The van der Waals surface area contributed by atoms with Crippen LogP contribution in [0.4, 0.5) is 4.39 Å². The third-order valence-electron chi connectivity index (χ3n) is 3.35. The third-order valence-corrected chi connectivity index (χ3v) is 4.37. The number of aryl methyl sites for hydroxylation is 2. The van der Waals surface area contributed by atoms with Crippen molar-refractivity contribution in [2.45, 2.75) is 39.7 Å². The molecule has 0 fully saturated rings. The van der Waals surface area contributed by atoms with Crippen molar-refractivity contribution in [3.05, 3.63) is 27.3 Å². The number of benzene rings is 1. The molecule has 1 aromatic heterocycles. The van der Waals surface area contributed by atoms with E-state index in [0.29, 0.717) is 15.4 Å². The highest BCUT2D eigenvalue weighted by molar-refractivity contribution is 14.1. The van der Waals surface area contributed by atoms with E-state index in [-0.39, 0.29) is 5.82 Å². The molecule has 0 aliphatic rings. The van der Waals surface area contributed by atoms with Crippen LogP contribution in [0.25, 0.3) is 11.0 Å².